The Bertz CT molecular complexity index is 368. The molecule has 1 amide bonds. The van der Waals surface area contributed by atoms with Gasteiger partial charge >= 0.3 is 5.97 Å². The van der Waals surface area contributed by atoms with Crippen molar-refractivity contribution in [3.05, 3.63) is 0 Å². The molecule has 0 bridgehead atoms. The van der Waals surface area contributed by atoms with Gasteiger partial charge in [-0.15, -0.1) is 0 Å². The number of carboxylic acid groups (broad SMARTS) is 1. The summed E-state index contributed by atoms with van der Waals surface area (Å²) in [6, 6.07) is 0.296. The van der Waals surface area contributed by atoms with Crippen LogP contribution in [0.4, 0.5) is 0 Å². The molecule has 2 fully saturated rings. The number of carboxylic acids is 1. The molecule has 5 heteroatoms. The minimum Gasteiger partial charge on any atom is -0.481 e. The van der Waals surface area contributed by atoms with Gasteiger partial charge in [0.25, 0.3) is 0 Å². The fourth-order valence-electron chi connectivity index (χ4n) is 3.75. The van der Waals surface area contributed by atoms with E-state index in [0.717, 1.165) is 38.8 Å². The highest BCUT2D eigenvalue weighted by Gasteiger charge is 2.28. The Morgan fingerprint density at radius 3 is 2.19 bits per heavy atom. The average Bonchev–Trinajstić information content (AvgIpc) is 2.44. The van der Waals surface area contributed by atoms with Crippen LogP contribution in [0, 0.1) is 17.8 Å². The first kappa shape index (κ1) is 16.3. The standard InChI is InChI=1S/C16H28N2O3/c1-11-7-12(2)10-18(9-11)15(19)8-17-14-5-3-13(4-6-14)16(20)21/h11-14,17H,3-10H2,1-2H3,(H,20,21). The number of likely N-dealkylation sites (tertiary alicyclic amines) is 1. The molecule has 2 rings (SSSR count). The Hall–Kier alpha value is -1.10. The quantitative estimate of drug-likeness (QED) is 0.829. The number of piperidine rings is 1. The number of aliphatic carboxylic acids is 1. The molecule has 2 atom stereocenters. The molecule has 0 spiro atoms. The second-order valence-electron chi connectivity index (χ2n) is 7.01. The van der Waals surface area contributed by atoms with Gasteiger partial charge in [0.1, 0.15) is 0 Å². The first-order valence-electron chi connectivity index (χ1n) is 8.19. The molecule has 0 aromatic carbocycles. The smallest absolute Gasteiger partial charge is 0.306 e. The highest BCUT2D eigenvalue weighted by Crippen LogP contribution is 2.24. The molecular formula is C16H28N2O3. The normalized spacial score (nSPS) is 33.7. The van der Waals surface area contributed by atoms with Crippen LogP contribution in [-0.2, 0) is 9.59 Å². The van der Waals surface area contributed by atoms with Gasteiger partial charge in [0.15, 0.2) is 0 Å². The van der Waals surface area contributed by atoms with Gasteiger partial charge in [0.05, 0.1) is 12.5 Å². The van der Waals surface area contributed by atoms with E-state index in [9.17, 15) is 9.59 Å². The van der Waals surface area contributed by atoms with Gasteiger partial charge in [-0.05, 0) is 43.9 Å². The summed E-state index contributed by atoms with van der Waals surface area (Å²) in [7, 11) is 0. The number of hydrogen-bond donors (Lipinski definition) is 2. The maximum absolute atomic E-state index is 12.3. The summed E-state index contributed by atoms with van der Waals surface area (Å²) in [6.45, 7) is 6.54. The van der Waals surface area contributed by atoms with Gasteiger partial charge in [-0.3, -0.25) is 9.59 Å². The van der Waals surface area contributed by atoms with Crippen LogP contribution in [0.3, 0.4) is 0 Å². The molecule has 5 nitrogen and oxygen atoms in total. The predicted molar refractivity (Wildman–Crippen MR) is 80.9 cm³/mol. The van der Waals surface area contributed by atoms with Crippen molar-refractivity contribution in [1.82, 2.24) is 10.2 Å². The van der Waals surface area contributed by atoms with Gasteiger partial charge in [-0.1, -0.05) is 13.8 Å². The number of nitrogens with zero attached hydrogens (tertiary/aromatic N) is 1. The minimum absolute atomic E-state index is 0.189. The Morgan fingerprint density at radius 1 is 1.10 bits per heavy atom. The molecule has 2 unspecified atom stereocenters. The summed E-state index contributed by atoms with van der Waals surface area (Å²) in [4.78, 5) is 25.2. The van der Waals surface area contributed by atoms with Crippen molar-refractivity contribution in [3.63, 3.8) is 0 Å². The Morgan fingerprint density at radius 2 is 1.67 bits per heavy atom. The van der Waals surface area contributed by atoms with E-state index in [1.807, 2.05) is 4.90 Å². The van der Waals surface area contributed by atoms with Crippen molar-refractivity contribution in [2.24, 2.45) is 17.8 Å². The third kappa shape index (κ3) is 4.70. The zero-order valence-electron chi connectivity index (χ0n) is 13.2. The maximum atomic E-state index is 12.3. The van der Waals surface area contributed by atoms with E-state index in [-0.39, 0.29) is 11.8 Å². The van der Waals surface area contributed by atoms with Gasteiger partial charge < -0.3 is 15.3 Å². The van der Waals surface area contributed by atoms with Crippen molar-refractivity contribution in [2.75, 3.05) is 19.6 Å². The van der Waals surface area contributed by atoms with Crippen molar-refractivity contribution in [2.45, 2.75) is 52.0 Å². The minimum atomic E-state index is -0.680. The summed E-state index contributed by atoms with van der Waals surface area (Å²) < 4.78 is 0. The molecule has 0 aromatic rings. The Labute approximate surface area is 127 Å². The molecule has 1 aliphatic heterocycles. The second-order valence-corrected chi connectivity index (χ2v) is 7.01. The summed E-state index contributed by atoms with van der Waals surface area (Å²) in [5.74, 6) is 0.490. The third-order valence-corrected chi connectivity index (χ3v) is 4.84. The molecule has 1 saturated heterocycles. The van der Waals surface area contributed by atoms with Crippen LogP contribution in [0.25, 0.3) is 0 Å². The third-order valence-electron chi connectivity index (χ3n) is 4.84. The average molecular weight is 296 g/mol. The van der Waals surface area contributed by atoms with Crippen LogP contribution in [-0.4, -0.2) is 47.6 Å². The number of carbonyl (C=O) groups is 2. The first-order valence-corrected chi connectivity index (χ1v) is 8.19. The highest BCUT2D eigenvalue weighted by atomic mass is 16.4. The largest absolute Gasteiger partial charge is 0.481 e. The van der Waals surface area contributed by atoms with Crippen LogP contribution in [0.5, 0.6) is 0 Å². The van der Waals surface area contributed by atoms with Crippen molar-refractivity contribution in [1.29, 1.82) is 0 Å². The SMILES string of the molecule is CC1CC(C)CN(C(=O)CNC2CCC(C(=O)O)CC2)C1. The zero-order chi connectivity index (χ0) is 15.4. The van der Waals surface area contributed by atoms with E-state index in [0.29, 0.717) is 24.4 Å². The topological polar surface area (TPSA) is 69.6 Å². The van der Waals surface area contributed by atoms with Gasteiger partial charge in [-0.25, -0.2) is 0 Å². The van der Waals surface area contributed by atoms with E-state index in [4.69, 9.17) is 5.11 Å². The number of carbonyl (C=O) groups excluding carboxylic acids is 1. The summed E-state index contributed by atoms with van der Waals surface area (Å²) >= 11 is 0. The van der Waals surface area contributed by atoms with Gasteiger partial charge in [0, 0.05) is 19.1 Å². The van der Waals surface area contributed by atoms with E-state index in [1.165, 1.54) is 6.42 Å². The monoisotopic (exact) mass is 296 g/mol. The summed E-state index contributed by atoms with van der Waals surface area (Å²) in [6.07, 6.45) is 4.36. The van der Waals surface area contributed by atoms with Gasteiger partial charge in [-0.2, -0.15) is 0 Å². The van der Waals surface area contributed by atoms with Crippen molar-refractivity contribution < 1.29 is 14.7 Å². The predicted octanol–water partition coefficient (Wildman–Crippen LogP) is 1.72. The van der Waals surface area contributed by atoms with E-state index >= 15 is 0 Å². The molecular weight excluding hydrogens is 268 g/mol. The molecule has 21 heavy (non-hydrogen) atoms. The van der Waals surface area contributed by atoms with Crippen LogP contribution < -0.4 is 5.32 Å². The summed E-state index contributed by atoms with van der Waals surface area (Å²) in [5.41, 5.74) is 0. The lowest BCUT2D eigenvalue weighted by molar-refractivity contribution is -0.143. The lowest BCUT2D eigenvalue weighted by atomic mass is 9.86. The number of rotatable bonds is 4. The van der Waals surface area contributed by atoms with E-state index in [1.54, 1.807) is 0 Å². The molecule has 2 N–H and O–H groups in total. The molecule has 1 saturated carbocycles. The van der Waals surface area contributed by atoms with Crippen molar-refractivity contribution in [3.8, 4) is 0 Å². The lowest BCUT2D eigenvalue weighted by Gasteiger charge is -2.35. The molecule has 1 heterocycles. The number of hydrogen-bond acceptors (Lipinski definition) is 3. The molecule has 2 aliphatic rings. The van der Waals surface area contributed by atoms with Crippen LogP contribution in [0.15, 0.2) is 0 Å². The number of amides is 1. The van der Waals surface area contributed by atoms with Crippen LogP contribution >= 0.6 is 0 Å². The fraction of sp³-hybridized carbons (Fsp3) is 0.875. The van der Waals surface area contributed by atoms with E-state index in [2.05, 4.69) is 19.2 Å². The van der Waals surface area contributed by atoms with Crippen LogP contribution in [0.1, 0.15) is 46.0 Å². The number of nitrogens with one attached hydrogen (secondary N) is 1. The van der Waals surface area contributed by atoms with E-state index < -0.39 is 5.97 Å². The molecule has 120 valence electrons. The van der Waals surface area contributed by atoms with Crippen LogP contribution in [0.2, 0.25) is 0 Å². The maximum Gasteiger partial charge on any atom is 0.306 e. The second kappa shape index (κ2) is 7.25. The van der Waals surface area contributed by atoms with Gasteiger partial charge in [0.2, 0.25) is 5.91 Å². The Balaban J connectivity index is 1.71. The zero-order valence-corrected chi connectivity index (χ0v) is 13.2. The Kier molecular flexibility index (Phi) is 5.62. The highest BCUT2D eigenvalue weighted by molar-refractivity contribution is 5.78. The molecule has 0 aromatic heterocycles. The first-order chi connectivity index (χ1) is 9.95. The lowest BCUT2D eigenvalue weighted by Crippen LogP contribution is -2.48. The fourth-order valence-corrected chi connectivity index (χ4v) is 3.75. The summed E-state index contributed by atoms with van der Waals surface area (Å²) in [5, 5.41) is 12.3. The molecule has 0 radical (unpaired) electrons. The van der Waals surface area contributed by atoms with Crippen molar-refractivity contribution >= 4 is 11.9 Å². The molecule has 1 aliphatic carbocycles.